The standard InChI is InChI=1S/C16H10ClFN2O2/c17-11-5-3-6-12(18)14(11)20-16(22)10-8-19-13-7-2-1-4-9(13)15(10)21/h1-8H,(H,19,21)(H,20,22). The topological polar surface area (TPSA) is 62.0 Å². The lowest BCUT2D eigenvalue weighted by Gasteiger charge is -2.08. The van der Waals surface area contributed by atoms with Crippen LogP contribution in [0.15, 0.2) is 53.5 Å². The van der Waals surface area contributed by atoms with Gasteiger partial charge in [0.15, 0.2) is 0 Å². The lowest BCUT2D eigenvalue weighted by Crippen LogP contribution is -2.22. The highest BCUT2D eigenvalue weighted by Gasteiger charge is 2.16. The van der Waals surface area contributed by atoms with Crippen molar-refractivity contribution < 1.29 is 9.18 Å². The van der Waals surface area contributed by atoms with Gasteiger partial charge in [-0.3, -0.25) is 9.59 Å². The number of benzene rings is 2. The van der Waals surface area contributed by atoms with Crippen molar-refractivity contribution in [1.82, 2.24) is 4.98 Å². The number of fused-ring (bicyclic) bond motifs is 1. The van der Waals surface area contributed by atoms with E-state index in [1.54, 1.807) is 24.3 Å². The van der Waals surface area contributed by atoms with Gasteiger partial charge in [0.05, 0.1) is 10.7 Å². The molecule has 4 nitrogen and oxygen atoms in total. The Morgan fingerprint density at radius 3 is 2.68 bits per heavy atom. The zero-order chi connectivity index (χ0) is 15.7. The molecule has 2 N–H and O–H groups in total. The van der Waals surface area contributed by atoms with Gasteiger partial charge >= 0.3 is 0 Å². The fraction of sp³-hybridized carbons (Fsp3) is 0. The van der Waals surface area contributed by atoms with Gasteiger partial charge in [-0.05, 0) is 24.3 Å². The van der Waals surface area contributed by atoms with Crippen molar-refractivity contribution in [2.75, 3.05) is 5.32 Å². The third-order valence-electron chi connectivity index (χ3n) is 3.23. The first-order chi connectivity index (χ1) is 10.6. The fourth-order valence-electron chi connectivity index (χ4n) is 2.13. The van der Waals surface area contributed by atoms with E-state index in [1.807, 2.05) is 0 Å². The Bertz CT molecular complexity index is 917. The van der Waals surface area contributed by atoms with Crippen LogP contribution in [0.4, 0.5) is 10.1 Å². The van der Waals surface area contributed by atoms with E-state index >= 15 is 0 Å². The van der Waals surface area contributed by atoms with Gasteiger partial charge in [-0.15, -0.1) is 0 Å². The summed E-state index contributed by atoms with van der Waals surface area (Å²) in [6.07, 6.45) is 1.30. The van der Waals surface area contributed by atoms with Crippen molar-refractivity contribution in [2.45, 2.75) is 0 Å². The minimum absolute atomic E-state index is 0.0607. The Kier molecular flexibility index (Phi) is 3.65. The SMILES string of the molecule is O=C(Nc1c(F)cccc1Cl)c1c[nH]c2ccccc2c1=O. The third kappa shape index (κ3) is 2.46. The lowest BCUT2D eigenvalue weighted by atomic mass is 10.1. The number of amides is 1. The number of hydrogen-bond donors (Lipinski definition) is 2. The number of carbonyl (C=O) groups excluding carboxylic acids is 1. The molecule has 0 atom stereocenters. The Balaban J connectivity index is 2.03. The van der Waals surface area contributed by atoms with Crippen LogP contribution in [-0.2, 0) is 0 Å². The van der Waals surface area contributed by atoms with Gasteiger partial charge in [-0.2, -0.15) is 0 Å². The zero-order valence-corrected chi connectivity index (χ0v) is 11.9. The molecule has 0 aliphatic heterocycles. The lowest BCUT2D eigenvalue weighted by molar-refractivity contribution is 0.102. The van der Waals surface area contributed by atoms with Gasteiger partial charge in [-0.1, -0.05) is 29.8 Å². The summed E-state index contributed by atoms with van der Waals surface area (Å²) in [7, 11) is 0. The summed E-state index contributed by atoms with van der Waals surface area (Å²) in [6, 6.07) is 10.9. The maximum absolute atomic E-state index is 13.7. The fourth-order valence-corrected chi connectivity index (χ4v) is 2.34. The zero-order valence-electron chi connectivity index (χ0n) is 11.2. The van der Waals surface area contributed by atoms with Crippen LogP contribution in [0.2, 0.25) is 5.02 Å². The number of halogens is 2. The smallest absolute Gasteiger partial charge is 0.261 e. The molecule has 0 radical (unpaired) electrons. The summed E-state index contributed by atoms with van der Waals surface area (Å²) in [5.74, 6) is -1.39. The summed E-state index contributed by atoms with van der Waals surface area (Å²) in [6.45, 7) is 0. The molecule has 0 aliphatic carbocycles. The van der Waals surface area contributed by atoms with Crippen molar-refractivity contribution in [3.05, 3.63) is 75.3 Å². The van der Waals surface area contributed by atoms with Gasteiger partial charge < -0.3 is 10.3 Å². The molecular formula is C16H10ClFN2O2. The summed E-state index contributed by atoms with van der Waals surface area (Å²) in [5.41, 5.74) is -0.0768. The second-order valence-corrected chi connectivity index (χ2v) is 5.04. The van der Waals surface area contributed by atoms with Gasteiger partial charge in [0, 0.05) is 17.1 Å². The van der Waals surface area contributed by atoms with E-state index in [0.29, 0.717) is 10.9 Å². The minimum Gasteiger partial charge on any atom is -0.360 e. The van der Waals surface area contributed by atoms with Crippen molar-refractivity contribution in [3.63, 3.8) is 0 Å². The van der Waals surface area contributed by atoms with Crippen molar-refractivity contribution in [2.24, 2.45) is 0 Å². The molecule has 0 saturated heterocycles. The number of H-pyrrole nitrogens is 1. The highest BCUT2D eigenvalue weighted by Crippen LogP contribution is 2.24. The number of nitrogens with one attached hydrogen (secondary N) is 2. The normalized spacial score (nSPS) is 10.6. The van der Waals surface area contributed by atoms with Crippen LogP contribution in [-0.4, -0.2) is 10.9 Å². The number of aromatic nitrogens is 1. The second-order valence-electron chi connectivity index (χ2n) is 4.63. The average Bonchev–Trinajstić information content (AvgIpc) is 2.51. The molecule has 0 aliphatic rings. The van der Waals surface area contributed by atoms with Crippen molar-refractivity contribution in [3.8, 4) is 0 Å². The molecule has 6 heteroatoms. The Labute approximate surface area is 129 Å². The van der Waals surface area contributed by atoms with Crippen LogP contribution >= 0.6 is 11.6 Å². The summed E-state index contributed by atoms with van der Waals surface area (Å²) < 4.78 is 13.7. The minimum atomic E-state index is -0.723. The molecule has 110 valence electrons. The van der Waals surface area contributed by atoms with Crippen LogP contribution in [0, 0.1) is 5.82 Å². The number of pyridine rings is 1. The van der Waals surface area contributed by atoms with Crippen molar-refractivity contribution >= 4 is 34.1 Å². The number of carbonyl (C=O) groups is 1. The monoisotopic (exact) mass is 316 g/mol. The first kappa shape index (κ1) is 14.3. The maximum Gasteiger partial charge on any atom is 0.261 e. The Morgan fingerprint density at radius 2 is 1.91 bits per heavy atom. The average molecular weight is 317 g/mol. The number of hydrogen-bond acceptors (Lipinski definition) is 2. The molecule has 1 heterocycles. The van der Waals surface area contributed by atoms with E-state index in [-0.39, 0.29) is 16.3 Å². The summed E-state index contributed by atoms with van der Waals surface area (Å²) >= 11 is 5.86. The number of rotatable bonds is 2. The highest BCUT2D eigenvalue weighted by molar-refractivity contribution is 6.34. The molecule has 0 spiro atoms. The molecule has 1 aromatic heterocycles. The highest BCUT2D eigenvalue weighted by atomic mass is 35.5. The molecule has 0 unspecified atom stereocenters. The predicted molar refractivity (Wildman–Crippen MR) is 83.9 cm³/mol. The Morgan fingerprint density at radius 1 is 1.14 bits per heavy atom. The van der Waals surface area contributed by atoms with Gasteiger partial charge in [-0.25, -0.2) is 4.39 Å². The molecule has 0 saturated carbocycles. The van der Waals surface area contributed by atoms with Crippen LogP contribution in [0.3, 0.4) is 0 Å². The molecule has 0 bridgehead atoms. The van der Waals surface area contributed by atoms with E-state index in [2.05, 4.69) is 10.3 Å². The van der Waals surface area contributed by atoms with E-state index in [4.69, 9.17) is 11.6 Å². The van der Waals surface area contributed by atoms with E-state index in [9.17, 15) is 14.0 Å². The van der Waals surface area contributed by atoms with Crippen LogP contribution < -0.4 is 10.7 Å². The van der Waals surface area contributed by atoms with Gasteiger partial charge in [0.2, 0.25) is 5.43 Å². The molecule has 22 heavy (non-hydrogen) atoms. The van der Waals surface area contributed by atoms with Gasteiger partial charge in [0.25, 0.3) is 5.91 Å². The summed E-state index contributed by atoms with van der Waals surface area (Å²) in [4.78, 5) is 27.4. The van der Waals surface area contributed by atoms with Crippen molar-refractivity contribution in [1.29, 1.82) is 0 Å². The predicted octanol–water partition coefficient (Wildman–Crippen LogP) is 3.57. The van der Waals surface area contributed by atoms with Crippen LogP contribution in [0.5, 0.6) is 0 Å². The molecule has 3 rings (SSSR count). The van der Waals surface area contributed by atoms with E-state index in [1.165, 1.54) is 24.4 Å². The molecular weight excluding hydrogens is 307 g/mol. The van der Waals surface area contributed by atoms with Gasteiger partial charge in [0.1, 0.15) is 11.4 Å². The van der Waals surface area contributed by atoms with E-state index in [0.717, 1.165) is 0 Å². The Hall–Kier alpha value is -2.66. The molecule has 0 fully saturated rings. The third-order valence-corrected chi connectivity index (χ3v) is 3.55. The quantitative estimate of drug-likeness (QED) is 0.759. The maximum atomic E-state index is 13.7. The first-order valence-electron chi connectivity index (χ1n) is 6.43. The summed E-state index contributed by atoms with van der Waals surface area (Å²) in [5, 5.41) is 2.78. The molecule has 1 amide bonds. The van der Waals surface area contributed by atoms with Crippen LogP contribution in [0.1, 0.15) is 10.4 Å². The number of para-hydroxylation sites is 2. The largest absolute Gasteiger partial charge is 0.360 e. The number of aromatic amines is 1. The number of anilines is 1. The van der Waals surface area contributed by atoms with Crippen LogP contribution in [0.25, 0.3) is 10.9 Å². The van der Waals surface area contributed by atoms with E-state index < -0.39 is 17.2 Å². The second kappa shape index (κ2) is 5.61. The first-order valence-corrected chi connectivity index (χ1v) is 6.81. The molecule has 2 aromatic carbocycles. The molecule has 3 aromatic rings.